The molecule has 17 heavy (non-hydrogen) atoms. The molecule has 0 spiro atoms. The third-order valence-corrected chi connectivity index (χ3v) is 2.96. The van der Waals surface area contributed by atoms with Gasteiger partial charge >= 0.3 is 5.97 Å². The van der Waals surface area contributed by atoms with Crippen LogP contribution in [0, 0.1) is 9.49 Å². The van der Waals surface area contributed by atoms with E-state index in [1.54, 1.807) is 6.92 Å². The molecule has 0 fully saturated rings. The van der Waals surface area contributed by atoms with Crippen molar-refractivity contribution in [3.05, 3.63) is 27.3 Å². The van der Waals surface area contributed by atoms with Crippen molar-refractivity contribution < 1.29 is 9.90 Å². The molecule has 96 valence electrons. The number of anilines is 1. The van der Waals surface area contributed by atoms with Crippen LogP contribution in [-0.4, -0.2) is 11.1 Å². The highest BCUT2D eigenvalue weighted by Gasteiger charge is 2.11. The Bertz CT molecular complexity index is 366. The molecule has 3 N–H and O–H groups in total. The Morgan fingerprint density at radius 2 is 2.00 bits per heavy atom. The van der Waals surface area contributed by atoms with Crippen LogP contribution in [0.3, 0.4) is 0 Å². The van der Waals surface area contributed by atoms with Gasteiger partial charge in [-0.25, -0.2) is 0 Å². The van der Waals surface area contributed by atoms with E-state index in [1.807, 2.05) is 18.2 Å². The van der Waals surface area contributed by atoms with E-state index in [4.69, 9.17) is 10.8 Å². The number of hydrogen-bond donors (Lipinski definition) is 2. The van der Waals surface area contributed by atoms with E-state index < -0.39 is 5.97 Å². The summed E-state index contributed by atoms with van der Waals surface area (Å²) in [5.74, 6) is -1.12. The summed E-state index contributed by atoms with van der Waals surface area (Å²) < 4.78 is 0.970. The molecule has 0 aliphatic rings. The van der Waals surface area contributed by atoms with Crippen LogP contribution >= 0.6 is 22.6 Å². The highest BCUT2D eigenvalue weighted by Crippen LogP contribution is 2.18. The lowest BCUT2D eigenvalue weighted by molar-refractivity contribution is -0.141. The van der Waals surface area contributed by atoms with Gasteiger partial charge in [-0.3, -0.25) is 4.79 Å². The summed E-state index contributed by atoms with van der Waals surface area (Å²) in [7, 11) is 0. The lowest BCUT2D eigenvalue weighted by Gasteiger charge is -2.07. The maximum atomic E-state index is 10.6. The molecule has 0 bridgehead atoms. The molecule has 0 aromatic heterocycles. The van der Waals surface area contributed by atoms with Crippen molar-refractivity contribution in [3.8, 4) is 0 Å². The number of benzene rings is 1. The van der Waals surface area contributed by atoms with Crippen LogP contribution in [0.2, 0.25) is 0 Å². The first kappa shape index (κ1) is 16.2. The fourth-order valence-electron chi connectivity index (χ4n) is 1.14. The van der Waals surface area contributed by atoms with E-state index in [1.165, 1.54) is 6.42 Å². The second-order valence-corrected chi connectivity index (χ2v) is 5.17. The van der Waals surface area contributed by atoms with Gasteiger partial charge in [0.1, 0.15) is 0 Å². The SMILES string of the molecule is CCC.C[C@H](Cc1ccc(N)c(I)c1)C(=O)O. The Morgan fingerprint density at radius 1 is 1.47 bits per heavy atom. The molecule has 3 nitrogen and oxygen atoms in total. The Kier molecular flexibility index (Phi) is 7.95. The number of nitrogens with two attached hydrogens (primary N) is 1. The summed E-state index contributed by atoms with van der Waals surface area (Å²) in [4.78, 5) is 10.6. The van der Waals surface area contributed by atoms with Crippen molar-refractivity contribution in [1.29, 1.82) is 0 Å². The molecule has 0 radical (unpaired) electrons. The van der Waals surface area contributed by atoms with Gasteiger partial charge < -0.3 is 10.8 Å². The van der Waals surface area contributed by atoms with E-state index >= 15 is 0 Å². The van der Waals surface area contributed by atoms with Crippen LogP contribution in [0.4, 0.5) is 5.69 Å². The Morgan fingerprint density at radius 3 is 2.41 bits per heavy atom. The van der Waals surface area contributed by atoms with Gasteiger partial charge in [0.2, 0.25) is 0 Å². The summed E-state index contributed by atoms with van der Waals surface area (Å²) in [5, 5.41) is 8.74. The number of carboxylic acids is 1. The van der Waals surface area contributed by atoms with Gasteiger partial charge in [-0.2, -0.15) is 0 Å². The van der Waals surface area contributed by atoms with Crippen LogP contribution in [0.1, 0.15) is 32.8 Å². The molecular weight excluding hydrogens is 329 g/mol. The van der Waals surface area contributed by atoms with Crippen molar-refractivity contribution >= 4 is 34.2 Å². The zero-order chi connectivity index (χ0) is 13.4. The normalized spacial score (nSPS) is 11.3. The smallest absolute Gasteiger partial charge is 0.306 e. The van der Waals surface area contributed by atoms with Crippen LogP contribution in [0.5, 0.6) is 0 Å². The van der Waals surface area contributed by atoms with Crippen molar-refractivity contribution in [3.63, 3.8) is 0 Å². The molecule has 4 heteroatoms. The molecule has 0 heterocycles. The van der Waals surface area contributed by atoms with E-state index in [-0.39, 0.29) is 5.92 Å². The Hall–Kier alpha value is -0.780. The minimum atomic E-state index is -0.767. The highest BCUT2D eigenvalue weighted by atomic mass is 127. The van der Waals surface area contributed by atoms with E-state index in [0.29, 0.717) is 6.42 Å². The molecule has 1 atom stereocenters. The number of hydrogen-bond acceptors (Lipinski definition) is 2. The van der Waals surface area contributed by atoms with Crippen LogP contribution < -0.4 is 5.73 Å². The topological polar surface area (TPSA) is 63.3 Å². The maximum absolute atomic E-state index is 10.6. The van der Waals surface area contributed by atoms with Crippen molar-refractivity contribution in [2.45, 2.75) is 33.6 Å². The first-order valence-electron chi connectivity index (χ1n) is 5.69. The minimum Gasteiger partial charge on any atom is -0.481 e. The van der Waals surface area contributed by atoms with Gasteiger partial charge in [0, 0.05) is 9.26 Å². The third-order valence-electron chi connectivity index (χ3n) is 2.03. The molecule has 0 aliphatic heterocycles. The predicted octanol–water partition coefficient (Wildman–Crippen LogP) is 3.55. The molecular formula is C13H20INO2. The van der Waals surface area contributed by atoms with Crippen molar-refractivity contribution in [2.24, 2.45) is 5.92 Å². The molecule has 1 aromatic carbocycles. The number of nitrogen functional groups attached to an aromatic ring is 1. The molecule has 1 aromatic rings. The summed E-state index contributed by atoms with van der Waals surface area (Å²) in [6, 6.07) is 5.61. The summed E-state index contributed by atoms with van der Waals surface area (Å²) in [6.45, 7) is 5.95. The van der Waals surface area contributed by atoms with E-state index in [2.05, 4.69) is 36.4 Å². The van der Waals surface area contributed by atoms with Gasteiger partial charge in [-0.1, -0.05) is 33.3 Å². The van der Waals surface area contributed by atoms with E-state index in [0.717, 1.165) is 14.8 Å². The molecule has 0 unspecified atom stereocenters. The predicted molar refractivity (Wildman–Crippen MR) is 80.0 cm³/mol. The first-order chi connectivity index (χ1) is 7.92. The standard InChI is InChI=1S/C10H12INO2.C3H8/c1-6(10(13)14)4-7-2-3-9(12)8(11)5-7;1-3-2/h2-3,5-6H,4,12H2,1H3,(H,13,14);3H2,1-2H3/t6-;/m1./s1. The van der Waals surface area contributed by atoms with Crippen LogP contribution in [0.15, 0.2) is 18.2 Å². The highest BCUT2D eigenvalue weighted by molar-refractivity contribution is 14.1. The molecule has 0 amide bonds. The zero-order valence-electron chi connectivity index (χ0n) is 10.5. The maximum Gasteiger partial charge on any atom is 0.306 e. The van der Waals surface area contributed by atoms with Gasteiger partial charge in [0.25, 0.3) is 0 Å². The van der Waals surface area contributed by atoms with Crippen molar-refractivity contribution in [2.75, 3.05) is 5.73 Å². The largest absolute Gasteiger partial charge is 0.481 e. The third kappa shape index (κ3) is 6.51. The number of carboxylic acid groups (broad SMARTS) is 1. The summed E-state index contributed by atoms with van der Waals surface area (Å²) in [5.41, 5.74) is 7.40. The average molecular weight is 349 g/mol. The van der Waals surface area contributed by atoms with Crippen LogP contribution in [-0.2, 0) is 11.2 Å². The molecule has 0 aliphatic carbocycles. The number of halogens is 1. The van der Waals surface area contributed by atoms with E-state index in [9.17, 15) is 4.79 Å². The molecule has 1 rings (SSSR count). The lowest BCUT2D eigenvalue weighted by atomic mass is 10.0. The summed E-state index contributed by atoms with van der Waals surface area (Å²) >= 11 is 2.14. The molecule has 0 saturated carbocycles. The number of aliphatic carboxylic acids is 1. The number of rotatable bonds is 3. The zero-order valence-corrected chi connectivity index (χ0v) is 12.7. The van der Waals surface area contributed by atoms with Gasteiger partial charge in [0.05, 0.1) is 5.92 Å². The van der Waals surface area contributed by atoms with Gasteiger partial charge in [0.15, 0.2) is 0 Å². The quantitative estimate of drug-likeness (QED) is 0.648. The second-order valence-electron chi connectivity index (χ2n) is 4.01. The first-order valence-corrected chi connectivity index (χ1v) is 6.76. The summed E-state index contributed by atoms with van der Waals surface area (Å²) in [6.07, 6.45) is 1.80. The fourth-order valence-corrected chi connectivity index (χ4v) is 1.72. The molecule has 0 saturated heterocycles. The lowest BCUT2D eigenvalue weighted by Crippen LogP contribution is -2.12. The Balaban J connectivity index is 0.000000770. The van der Waals surface area contributed by atoms with Crippen molar-refractivity contribution in [1.82, 2.24) is 0 Å². The monoisotopic (exact) mass is 349 g/mol. The van der Waals surface area contributed by atoms with Gasteiger partial charge in [-0.15, -0.1) is 0 Å². The van der Waals surface area contributed by atoms with Crippen LogP contribution in [0.25, 0.3) is 0 Å². The van der Waals surface area contributed by atoms with Gasteiger partial charge in [-0.05, 0) is 46.7 Å². The Labute approximate surface area is 117 Å². The average Bonchev–Trinajstić information content (AvgIpc) is 2.24. The minimum absolute atomic E-state index is 0.352. The fraction of sp³-hybridized carbons (Fsp3) is 0.462. The number of carbonyl (C=O) groups is 1. The second kappa shape index (κ2) is 8.33.